The quantitative estimate of drug-likeness (QED) is 0.101. The number of rotatable bonds is 29. The molecular formula is C32H63O. The third kappa shape index (κ3) is 27.8. The van der Waals surface area contributed by atoms with E-state index in [2.05, 4.69) is 20.1 Å². The molecule has 0 spiro atoms. The third-order valence-corrected chi connectivity index (χ3v) is 7.48. The van der Waals surface area contributed by atoms with Gasteiger partial charge in [-0.2, -0.15) is 0 Å². The Hall–Kier alpha value is -0.330. The second kappa shape index (κ2) is 29.7. The lowest BCUT2D eigenvalue weighted by Gasteiger charge is -2.09. The SMILES string of the molecule is CCCCCCCCCCCCCCCC([C]=O)CCCCCCCCCCCCCCC. The second-order valence-electron chi connectivity index (χ2n) is 10.9. The van der Waals surface area contributed by atoms with Crippen molar-refractivity contribution in [2.75, 3.05) is 0 Å². The van der Waals surface area contributed by atoms with Gasteiger partial charge >= 0.3 is 0 Å². The largest absolute Gasteiger partial charge is 0.291 e. The molecule has 0 N–H and O–H groups in total. The van der Waals surface area contributed by atoms with E-state index in [0.717, 1.165) is 12.8 Å². The van der Waals surface area contributed by atoms with Crippen LogP contribution in [0.3, 0.4) is 0 Å². The van der Waals surface area contributed by atoms with E-state index in [9.17, 15) is 4.79 Å². The molecule has 0 heterocycles. The summed E-state index contributed by atoms with van der Waals surface area (Å²) in [4.78, 5) is 11.3. The maximum absolute atomic E-state index is 11.3. The van der Waals surface area contributed by atoms with E-state index in [-0.39, 0.29) is 5.92 Å². The molecule has 0 aromatic carbocycles. The molecule has 0 aliphatic carbocycles. The first kappa shape index (κ1) is 32.7. The van der Waals surface area contributed by atoms with Gasteiger partial charge in [-0.05, 0) is 12.8 Å². The molecular weight excluding hydrogens is 400 g/mol. The molecule has 1 heteroatoms. The molecule has 0 bridgehead atoms. The highest BCUT2D eigenvalue weighted by atomic mass is 16.1. The minimum absolute atomic E-state index is 0.213. The first-order valence-electron chi connectivity index (χ1n) is 15.7. The molecule has 0 fully saturated rings. The van der Waals surface area contributed by atoms with Gasteiger partial charge in [0.25, 0.3) is 0 Å². The van der Waals surface area contributed by atoms with E-state index in [0.29, 0.717) is 0 Å². The Bertz CT molecular complexity index is 320. The van der Waals surface area contributed by atoms with Gasteiger partial charge in [0.2, 0.25) is 6.29 Å². The summed E-state index contributed by atoms with van der Waals surface area (Å²) in [6.45, 7) is 4.58. The lowest BCUT2D eigenvalue weighted by Crippen LogP contribution is -2.02. The van der Waals surface area contributed by atoms with Crippen molar-refractivity contribution in [1.29, 1.82) is 0 Å². The molecule has 0 amide bonds. The van der Waals surface area contributed by atoms with Crippen molar-refractivity contribution in [2.24, 2.45) is 5.92 Å². The minimum Gasteiger partial charge on any atom is -0.291 e. The van der Waals surface area contributed by atoms with E-state index < -0.39 is 0 Å². The average molecular weight is 464 g/mol. The summed E-state index contributed by atoms with van der Waals surface area (Å²) in [5.74, 6) is 0.213. The Kier molecular flexibility index (Phi) is 29.4. The Morgan fingerprint density at radius 2 is 0.576 bits per heavy atom. The summed E-state index contributed by atoms with van der Waals surface area (Å²) in [7, 11) is 0. The highest BCUT2D eigenvalue weighted by Crippen LogP contribution is 2.19. The third-order valence-electron chi connectivity index (χ3n) is 7.48. The summed E-state index contributed by atoms with van der Waals surface area (Å²) < 4.78 is 0. The van der Waals surface area contributed by atoms with Gasteiger partial charge in [-0.25, -0.2) is 0 Å². The van der Waals surface area contributed by atoms with E-state index in [1.165, 1.54) is 167 Å². The fourth-order valence-corrected chi connectivity index (χ4v) is 5.08. The van der Waals surface area contributed by atoms with E-state index in [4.69, 9.17) is 0 Å². The van der Waals surface area contributed by atoms with Gasteiger partial charge < -0.3 is 0 Å². The molecule has 0 aromatic heterocycles. The Morgan fingerprint density at radius 3 is 0.788 bits per heavy atom. The smallest absolute Gasteiger partial charge is 0.201 e. The molecule has 0 aromatic rings. The monoisotopic (exact) mass is 463 g/mol. The fraction of sp³-hybridized carbons (Fsp3) is 0.969. The number of hydrogen-bond acceptors (Lipinski definition) is 1. The highest BCUT2D eigenvalue weighted by Gasteiger charge is 2.08. The van der Waals surface area contributed by atoms with Crippen LogP contribution in [0.5, 0.6) is 0 Å². The fourth-order valence-electron chi connectivity index (χ4n) is 5.08. The average Bonchev–Trinajstić information content (AvgIpc) is 2.83. The number of hydrogen-bond donors (Lipinski definition) is 0. The van der Waals surface area contributed by atoms with Crippen LogP contribution in [0.1, 0.15) is 194 Å². The van der Waals surface area contributed by atoms with Gasteiger partial charge in [-0.15, -0.1) is 0 Å². The van der Waals surface area contributed by atoms with Crippen molar-refractivity contribution in [2.45, 2.75) is 194 Å². The van der Waals surface area contributed by atoms with Crippen LogP contribution in [-0.2, 0) is 4.79 Å². The second-order valence-corrected chi connectivity index (χ2v) is 10.9. The van der Waals surface area contributed by atoms with Crippen LogP contribution in [0.4, 0.5) is 0 Å². The Morgan fingerprint density at radius 1 is 0.364 bits per heavy atom. The van der Waals surface area contributed by atoms with Gasteiger partial charge in [0.1, 0.15) is 0 Å². The topological polar surface area (TPSA) is 17.1 Å². The van der Waals surface area contributed by atoms with Crippen LogP contribution < -0.4 is 0 Å². The summed E-state index contributed by atoms with van der Waals surface area (Å²) >= 11 is 0. The van der Waals surface area contributed by atoms with Gasteiger partial charge in [0, 0.05) is 5.92 Å². The van der Waals surface area contributed by atoms with Crippen molar-refractivity contribution in [3.63, 3.8) is 0 Å². The van der Waals surface area contributed by atoms with E-state index in [1.54, 1.807) is 0 Å². The lowest BCUT2D eigenvalue weighted by molar-refractivity contribution is 0.448. The Balaban J connectivity index is 3.27. The van der Waals surface area contributed by atoms with Crippen LogP contribution in [0, 0.1) is 5.92 Å². The zero-order chi connectivity index (χ0) is 24.1. The van der Waals surface area contributed by atoms with Crippen molar-refractivity contribution in [3.8, 4) is 0 Å². The summed E-state index contributed by atoms with van der Waals surface area (Å²) in [6.07, 6.45) is 40.8. The van der Waals surface area contributed by atoms with Crippen LogP contribution in [0.15, 0.2) is 0 Å². The molecule has 0 saturated heterocycles. The summed E-state index contributed by atoms with van der Waals surface area (Å²) in [5.41, 5.74) is 0. The normalized spacial score (nSPS) is 11.5. The standard InChI is InChI=1S/C32H63O/c1-3-5-7-9-11-13-15-17-19-21-23-25-27-29-32(31-33)30-28-26-24-22-20-18-16-14-12-10-8-6-4-2/h32H,3-30H2,1-2H3. The molecule has 0 rings (SSSR count). The number of unbranched alkanes of at least 4 members (excludes halogenated alkanes) is 24. The summed E-state index contributed by atoms with van der Waals surface area (Å²) in [6, 6.07) is 0. The molecule has 0 aliphatic rings. The molecule has 33 heavy (non-hydrogen) atoms. The van der Waals surface area contributed by atoms with Crippen molar-refractivity contribution in [1.82, 2.24) is 0 Å². The van der Waals surface area contributed by atoms with Gasteiger partial charge in [-0.1, -0.05) is 181 Å². The first-order valence-corrected chi connectivity index (χ1v) is 15.7. The van der Waals surface area contributed by atoms with Crippen LogP contribution in [0.25, 0.3) is 0 Å². The molecule has 0 atom stereocenters. The molecule has 1 radical (unpaired) electrons. The van der Waals surface area contributed by atoms with Gasteiger partial charge in [0.15, 0.2) is 0 Å². The maximum Gasteiger partial charge on any atom is 0.201 e. The van der Waals surface area contributed by atoms with Crippen molar-refractivity contribution < 1.29 is 4.79 Å². The van der Waals surface area contributed by atoms with Gasteiger partial charge in [-0.3, -0.25) is 4.79 Å². The van der Waals surface area contributed by atoms with Crippen LogP contribution >= 0.6 is 0 Å². The molecule has 197 valence electrons. The zero-order valence-corrected chi connectivity index (χ0v) is 23.3. The molecule has 1 nitrogen and oxygen atoms in total. The minimum atomic E-state index is 0.213. The van der Waals surface area contributed by atoms with Crippen molar-refractivity contribution in [3.05, 3.63) is 0 Å². The molecule has 0 saturated carbocycles. The predicted molar refractivity (Wildman–Crippen MR) is 150 cm³/mol. The zero-order valence-electron chi connectivity index (χ0n) is 23.3. The van der Waals surface area contributed by atoms with Gasteiger partial charge in [0.05, 0.1) is 0 Å². The van der Waals surface area contributed by atoms with E-state index >= 15 is 0 Å². The van der Waals surface area contributed by atoms with E-state index in [1.807, 2.05) is 0 Å². The maximum atomic E-state index is 11.3. The lowest BCUT2D eigenvalue weighted by atomic mass is 9.95. The van der Waals surface area contributed by atoms with Crippen LogP contribution in [-0.4, -0.2) is 6.29 Å². The predicted octanol–water partition coefficient (Wildman–Crippen LogP) is 11.7. The Labute approximate surface area is 210 Å². The first-order chi connectivity index (χ1) is 16.3. The highest BCUT2D eigenvalue weighted by molar-refractivity contribution is 5.54. The van der Waals surface area contributed by atoms with Crippen LogP contribution in [0.2, 0.25) is 0 Å². The number of carbonyl (C=O) groups excluding carboxylic acids is 1. The molecule has 0 aliphatic heterocycles. The molecule has 0 unspecified atom stereocenters. The van der Waals surface area contributed by atoms with Crippen molar-refractivity contribution >= 4 is 6.29 Å². The summed E-state index contributed by atoms with van der Waals surface area (Å²) in [5, 5.41) is 0.